The fraction of sp³-hybridized carbons (Fsp3) is 0.250. The van der Waals surface area contributed by atoms with E-state index in [2.05, 4.69) is 10.3 Å². The summed E-state index contributed by atoms with van der Waals surface area (Å²) in [5, 5.41) is 13.7. The highest BCUT2D eigenvalue weighted by molar-refractivity contribution is 6.31. The average Bonchev–Trinajstić information content (AvgIpc) is 2.45. The molecular weight excluding hydrogens is 288 g/mol. The second-order valence-corrected chi connectivity index (χ2v) is 5.48. The van der Waals surface area contributed by atoms with Crippen LogP contribution >= 0.6 is 11.6 Å². The summed E-state index contributed by atoms with van der Waals surface area (Å²) in [6.45, 7) is 3.44. The molecule has 0 radical (unpaired) electrons. The van der Waals surface area contributed by atoms with E-state index in [1.807, 2.05) is 0 Å². The van der Waals surface area contributed by atoms with E-state index in [0.29, 0.717) is 21.8 Å². The van der Waals surface area contributed by atoms with E-state index in [4.69, 9.17) is 11.6 Å². The molecule has 2 rings (SSSR count). The maximum absolute atomic E-state index is 12.1. The van der Waals surface area contributed by atoms with Gasteiger partial charge >= 0.3 is 0 Å². The zero-order valence-corrected chi connectivity index (χ0v) is 12.7. The van der Waals surface area contributed by atoms with Crippen LogP contribution in [0.15, 0.2) is 42.6 Å². The topological polar surface area (TPSA) is 62.2 Å². The van der Waals surface area contributed by atoms with Gasteiger partial charge in [0.15, 0.2) is 0 Å². The predicted octanol–water partition coefficient (Wildman–Crippen LogP) is 2.68. The van der Waals surface area contributed by atoms with Crippen LogP contribution < -0.4 is 5.32 Å². The second kappa shape index (κ2) is 6.24. The molecule has 0 aliphatic heterocycles. The number of nitrogens with one attached hydrogen (secondary N) is 1. The minimum absolute atomic E-state index is 0.0594. The number of pyridine rings is 1. The first-order valence-corrected chi connectivity index (χ1v) is 6.97. The van der Waals surface area contributed by atoms with Crippen LogP contribution in [0.1, 0.15) is 28.5 Å². The Morgan fingerprint density at radius 2 is 2.05 bits per heavy atom. The SMILES string of the molecule is Cc1ncccc1C(=O)NC[C@@](C)(O)c1ccccc1Cl. The number of halogens is 1. The highest BCUT2D eigenvalue weighted by Gasteiger charge is 2.26. The Morgan fingerprint density at radius 1 is 1.33 bits per heavy atom. The maximum Gasteiger partial charge on any atom is 0.253 e. The molecule has 1 heterocycles. The Kier molecular flexibility index (Phi) is 4.60. The number of hydrogen-bond donors (Lipinski definition) is 2. The summed E-state index contributed by atoms with van der Waals surface area (Å²) < 4.78 is 0. The van der Waals surface area contributed by atoms with Gasteiger partial charge in [0, 0.05) is 22.5 Å². The fourth-order valence-electron chi connectivity index (χ4n) is 2.07. The second-order valence-electron chi connectivity index (χ2n) is 5.07. The van der Waals surface area contributed by atoms with Crippen molar-refractivity contribution in [1.29, 1.82) is 0 Å². The van der Waals surface area contributed by atoms with Gasteiger partial charge in [0.05, 0.1) is 12.1 Å². The van der Waals surface area contributed by atoms with Gasteiger partial charge in [-0.15, -0.1) is 0 Å². The fourth-order valence-corrected chi connectivity index (χ4v) is 2.40. The number of aliphatic hydroxyl groups is 1. The Balaban J connectivity index is 2.11. The maximum atomic E-state index is 12.1. The quantitative estimate of drug-likeness (QED) is 0.913. The van der Waals surface area contributed by atoms with E-state index in [1.54, 1.807) is 56.4 Å². The first-order chi connectivity index (χ1) is 9.92. The molecule has 4 nitrogen and oxygen atoms in total. The molecule has 2 aromatic rings. The zero-order valence-electron chi connectivity index (χ0n) is 11.9. The normalized spacial score (nSPS) is 13.5. The van der Waals surface area contributed by atoms with Crippen LogP contribution in [-0.4, -0.2) is 22.5 Å². The van der Waals surface area contributed by atoms with Gasteiger partial charge in [-0.3, -0.25) is 9.78 Å². The number of benzene rings is 1. The lowest BCUT2D eigenvalue weighted by atomic mass is 9.96. The molecule has 1 amide bonds. The lowest BCUT2D eigenvalue weighted by Gasteiger charge is -2.25. The first-order valence-electron chi connectivity index (χ1n) is 6.59. The smallest absolute Gasteiger partial charge is 0.253 e. The molecular formula is C16H17ClN2O2. The lowest BCUT2D eigenvalue weighted by molar-refractivity contribution is 0.0527. The molecule has 0 spiro atoms. The van der Waals surface area contributed by atoms with Crippen molar-refractivity contribution in [1.82, 2.24) is 10.3 Å². The number of aryl methyl sites for hydroxylation is 1. The summed E-state index contributed by atoms with van der Waals surface area (Å²) >= 11 is 6.08. The average molecular weight is 305 g/mol. The van der Waals surface area contributed by atoms with Crippen LogP contribution in [0.5, 0.6) is 0 Å². The van der Waals surface area contributed by atoms with Gasteiger partial charge in [0.25, 0.3) is 5.91 Å². The largest absolute Gasteiger partial charge is 0.384 e. The van der Waals surface area contributed by atoms with Crippen molar-refractivity contribution in [3.05, 3.63) is 64.4 Å². The molecule has 1 aromatic heterocycles. The molecule has 5 heteroatoms. The number of aromatic nitrogens is 1. The molecule has 0 bridgehead atoms. The number of nitrogens with zero attached hydrogens (tertiary/aromatic N) is 1. The molecule has 0 saturated heterocycles. The predicted molar refractivity (Wildman–Crippen MR) is 82.3 cm³/mol. The van der Waals surface area contributed by atoms with Gasteiger partial charge in [-0.25, -0.2) is 0 Å². The van der Waals surface area contributed by atoms with Crippen molar-refractivity contribution in [2.45, 2.75) is 19.4 Å². The standard InChI is InChI=1S/C16H17ClN2O2/c1-11-12(6-5-9-18-11)15(20)19-10-16(2,21)13-7-3-4-8-14(13)17/h3-9,21H,10H2,1-2H3,(H,19,20)/t16-/m1/s1. The third kappa shape index (κ3) is 3.60. The molecule has 21 heavy (non-hydrogen) atoms. The molecule has 1 atom stereocenters. The summed E-state index contributed by atoms with van der Waals surface area (Å²) in [6.07, 6.45) is 1.63. The highest BCUT2D eigenvalue weighted by Crippen LogP contribution is 2.27. The van der Waals surface area contributed by atoms with E-state index in [-0.39, 0.29) is 12.5 Å². The highest BCUT2D eigenvalue weighted by atomic mass is 35.5. The lowest BCUT2D eigenvalue weighted by Crippen LogP contribution is -2.39. The van der Waals surface area contributed by atoms with Crippen molar-refractivity contribution >= 4 is 17.5 Å². The molecule has 0 fully saturated rings. The molecule has 0 saturated carbocycles. The number of amides is 1. The van der Waals surface area contributed by atoms with Crippen molar-refractivity contribution in [2.75, 3.05) is 6.54 Å². The molecule has 0 aliphatic carbocycles. The Bertz CT molecular complexity index is 656. The van der Waals surface area contributed by atoms with E-state index < -0.39 is 5.60 Å². The number of carbonyl (C=O) groups excluding carboxylic acids is 1. The number of carbonyl (C=O) groups is 1. The summed E-state index contributed by atoms with van der Waals surface area (Å²) in [4.78, 5) is 16.2. The Hall–Kier alpha value is -1.91. The van der Waals surface area contributed by atoms with Crippen LogP contribution in [0.2, 0.25) is 5.02 Å². The van der Waals surface area contributed by atoms with Gasteiger partial charge in [-0.2, -0.15) is 0 Å². The van der Waals surface area contributed by atoms with Gasteiger partial charge in [0.1, 0.15) is 5.60 Å². The van der Waals surface area contributed by atoms with Gasteiger partial charge in [-0.1, -0.05) is 29.8 Å². The van der Waals surface area contributed by atoms with Crippen LogP contribution in [0.4, 0.5) is 0 Å². The zero-order chi connectivity index (χ0) is 15.5. The van der Waals surface area contributed by atoms with Gasteiger partial charge < -0.3 is 10.4 Å². The van der Waals surface area contributed by atoms with Gasteiger partial charge in [-0.05, 0) is 32.0 Å². The van der Waals surface area contributed by atoms with Crippen LogP contribution in [0, 0.1) is 6.92 Å². The summed E-state index contributed by atoms with van der Waals surface area (Å²) in [5.74, 6) is -0.270. The first kappa shape index (κ1) is 15.5. The minimum Gasteiger partial charge on any atom is -0.384 e. The molecule has 1 aromatic carbocycles. The summed E-state index contributed by atoms with van der Waals surface area (Å²) in [6, 6.07) is 10.4. The third-order valence-corrected chi connectivity index (χ3v) is 3.63. The molecule has 0 unspecified atom stereocenters. The van der Waals surface area contributed by atoms with Crippen LogP contribution in [0.3, 0.4) is 0 Å². The van der Waals surface area contributed by atoms with Gasteiger partial charge in [0.2, 0.25) is 0 Å². The monoisotopic (exact) mass is 304 g/mol. The van der Waals surface area contributed by atoms with E-state index in [0.717, 1.165) is 0 Å². The Morgan fingerprint density at radius 3 is 2.71 bits per heavy atom. The van der Waals surface area contributed by atoms with Crippen molar-refractivity contribution < 1.29 is 9.90 Å². The van der Waals surface area contributed by atoms with E-state index in [1.165, 1.54) is 0 Å². The van der Waals surface area contributed by atoms with Crippen LogP contribution in [-0.2, 0) is 5.60 Å². The molecule has 0 aliphatic rings. The van der Waals surface area contributed by atoms with Crippen molar-refractivity contribution in [2.24, 2.45) is 0 Å². The summed E-state index contributed by atoms with van der Waals surface area (Å²) in [5.41, 5.74) is 0.471. The van der Waals surface area contributed by atoms with E-state index in [9.17, 15) is 9.90 Å². The Labute approximate surface area is 128 Å². The minimum atomic E-state index is -1.25. The van der Waals surface area contributed by atoms with E-state index >= 15 is 0 Å². The number of hydrogen-bond acceptors (Lipinski definition) is 3. The van der Waals surface area contributed by atoms with Crippen molar-refractivity contribution in [3.8, 4) is 0 Å². The van der Waals surface area contributed by atoms with Crippen molar-refractivity contribution in [3.63, 3.8) is 0 Å². The number of rotatable bonds is 4. The van der Waals surface area contributed by atoms with Crippen LogP contribution in [0.25, 0.3) is 0 Å². The third-order valence-electron chi connectivity index (χ3n) is 3.30. The molecule has 2 N–H and O–H groups in total. The summed E-state index contributed by atoms with van der Waals surface area (Å²) in [7, 11) is 0. The molecule has 110 valence electrons.